The van der Waals surface area contributed by atoms with Gasteiger partial charge in [-0.1, -0.05) is 0 Å². The molecule has 1 fully saturated rings. The molecule has 3 N–H and O–H groups in total. The van der Waals surface area contributed by atoms with Crippen LogP contribution in [-0.2, 0) is 9.59 Å². The highest BCUT2D eigenvalue weighted by molar-refractivity contribution is 5.84. The van der Waals surface area contributed by atoms with Crippen LogP contribution in [0.1, 0.15) is 6.92 Å². The van der Waals surface area contributed by atoms with Gasteiger partial charge in [0.2, 0.25) is 5.91 Å². The first-order valence-electron chi connectivity index (χ1n) is 5.05. The Bertz CT molecular complexity index is 239. The highest BCUT2D eigenvalue weighted by Gasteiger charge is 2.17. The van der Waals surface area contributed by atoms with Crippen LogP contribution in [-0.4, -0.2) is 60.6 Å². The maximum absolute atomic E-state index is 11.4. The van der Waals surface area contributed by atoms with Crippen LogP contribution in [0.4, 0.5) is 0 Å². The van der Waals surface area contributed by atoms with E-state index in [1.54, 1.807) is 0 Å². The van der Waals surface area contributed by atoms with Crippen LogP contribution in [0, 0.1) is 0 Å². The van der Waals surface area contributed by atoms with Crippen LogP contribution in [0.3, 0.4) is 0 Å². The van der Waals surface area contributed by atoms with Gasteiger partial charge in [-0.15, -0.1) is 0 Å². The molecule has 0 radical (unpaired) electrons. The minimum atomic E-state index is -1.01. The van der Waals surface area contributed by atoms with Crippen LogP contribution in [0.15, 0.2) is 0 Å². The van der Waals surface area contributed by atoms with E-state index < -0.39 is 12.0 Å². The first kappa shape index (κ1) is 11.9. The third kappa shape index (κ3) is 4.26. The van der Waals surface area contributed by atoms with Gasteiger partial charge in [-0.05, 0) is 6.92 Å². The lowest BCUT2D eigenvalue weighted by molar-refractivity contribution is -0.141. The number of carboxylic acid groups (broad SMARTS) is 1. The van der Waals surface area contributed by atoms with E-state index in [0.717, 1.165) is 26.2 Å². The number of carbonyl (C=O) groups excluding carboxylic acids is 1. The van der Waals surface area contributed by atoms with Crippen molar-refractivity contribution in [1.29, 1.82) is 0 Å². The van der Waals surface area contributed by atoms with Crippen molar-refractivity contribution in [3.8, 4) is 0 Å². The number of carboxylic acids is 1. The number of aliphatic carboxylic acids is 1. The monoisotopic (exact) mass is 215 g/mol. The van der Waals surface area contributed by atoms with Gasteiger partial charge >= 0.3 is 5.97 Å². The standard InChI is InChI=1S/C9H17N3O3/c1-7(9(14)15)11-8(13)6-12-4-2-10-3-5-12/h7,10H,2-6H2,1H3,(H,11,13)(H,14,15)/t7-/m0/s1. The van der Waals surface area contributed by atoms with Crippen LogP contribution >= 0.6 is 0 Å². The van der Waals surface area contributed by atoms with Gasteiger partial charge < -0.3 is 15.7 Å². The summed E-state index contributed by atoms with van der Waals surface area (Å²) in [6.07, 6.45) is 0. The van der Waals surface area contributed by atoms with E-state index in [9.17, 15) is 9.59 Å². The molecule has 15 heavy (non-hydrogen) atoms. The summed E-state index contributed by atoms with van der Waals surface area (Å²) in [5.74, 6) is -1.24. The molecule has 1 heterocycles. The molecule has 0 unspecified atom stereocenters. The Balaban J connectivity index is 2.25. The minimum absolute atomic E-state index is 0.230. The Kier molecular flexibility index (Phi) is 4.51. The molecule has 0 aliphatic carbocycles. The van der Waals surface area contributed by atoms with Crippen LogP contribution in [0.25, 0.3) is 0 Å². The second-order valence-corrected chi connectivity index (χ2v) is 3.65. The zero-order chi connectivity index (χ0) is 11.3. The van der Waals surface area contributed by atoms with E-state index in [4.69, 9.17) is 5.11 Å². The van der Waals surface area contributed by atoms with Crippen molar-refractivity contribution in [2.75, 3.05) is 32.7 Å². The Labute approximate surface area is 88.6 Å². The van der Waals surface area contributed by atoms with Crippen LogP contribution < -0.4 is 10.6 Å². The summed E-state index contributed by atoms with van der Waals surface area (Å²) >= 11 is 0. The zero-order valence-electron chi connectivity index (χ0n) is 8.82. The van der Waals surface area contributed by atoms with Gasteiger partial charge in [-0.2, -0.15) is 0 Å². The fourth-order valence-corrected chi connectivity index (χ4v) is 1.42. The van der Waals surface area contributed by atoms with Gasteiger partial charge in [0.15, 0.2) is 0 Å². The summed E-state index contributed by atoms with van der Waals surface area (Å²) in [7, 11) is 0. The smallest absolute Gasteiger partial charge is 0.325 e. The molecular weight excluding hydrogens is 198 g/mol. The van der Waals surface area contributed by atoms with Gasteiger partial charge in [0.1, 0.15) is 6.04 Å². The highest BCUT2D eigenvalue weighted by Crippen LogP contribution is 1.91. The quantitative estimate of drug-likeness (QED) is 0.530. The van der Waals surface area contributed by atoms with E-state index in [1.165, 1.54) is 6.92 Å². The molecule has 0 saturated carbocycles. The maximum atomic E-state index is 11.4. The summed E-state index contributed by atoms with van der Waals surface area (Å²) < 4.78 is 0. The second kappa shape index (κ2) is 5.67. The van der Waals surface area contributed by atoms with E-state index in [-0.39, 0.29) is 12.5 Å². The summed E-state index contributed by atoms with van der Waals surface area (Å²) in [6, 6.07) is -0.819. The van der Waals surface area contributed by atoms with E-state index >= 15 is 0 Å². The van der Waals surface area contributed by atoms with Crippen molar-refractivity contribution < 1.29 is 14.7 Å². The Morgan fingerprint density at radius 2 is 2.07 bits per heavy atom. The number of amides is 1. The van der Waals surface area contributed by atoms with Gasteiger partial charge in [-0.3, -0.25) is 14.5 Å². The number of rotatable bonds is 4. The molecule has 0 aromatic carbocycles. The normalized spacial score (nSPS) is 19.5. The lowest BCUT2D eigenvalue weighted by Crippen LogP contribution is -2.49. The van der Waals surface area contributed by atoms with Crippen molar-refractivity contribution >= 4 is 11.9 Å². The zero-order valence-corrected chi connectivity index (χ0v) is 8.82. The summed E-state index contributed by atoms with van der Waals surface area (Å²) in [5.41, 5.74) is 0. The van der Waals surface area contributed by atoms with Crippen molar-refractivity contribution in [2.45, 2.75) is 13.0 Å². The fourth-order valence-electron chi connectivity index (χ4n) is 1.42. The van der Waals surface area contributed by atoms with Crippen molar-refractivity contribution in [2.24, 2.45) is 0 Å². The summed E-state index contributed by atoms with van der Waals surface area (Å²) in [6.45, 7) is 5.14. The summed E-state index contributed by atoms with van der Waals surface area (Å²) in [5, 5.41) is 14.2. The average molecular weight is 215 g/mol. The first-order valence-corrected chi connectivity index (χ1v) is 5.05. The topological polar surface area (TPSA) is 81.7 Å². The predicted octanol–water partition coefficient (Wildman–Crippen LogP) is -1.52. The molecule has 6 nitrogen and oxygen atoms in total. The molecule has 1 atom stereocenters. The van der Waals surface area contributed by atoms with Crippen LogP contribution in [0.5, 0.6) is 0 Å². The van der Waals surface area contributed by atoms with Gasteiger partial charge in [-0.25, -0.2) is 0 Å². The fraction of sp³-hybridized carbons (Fsp3) is 0.778. The summed E-state index contributed by atoms with van der Waals surface area (Å²) in [4.78, 5) is 23.9. The van der Waals surface area contributed by atoms with Crippen LogP contribution in [0.2, 0.25) is 0 Å². The average Bonchev–Trinajstić information content (AvgIpc) is 2.18. The maximum Gasteiger partial charge on any atom is 0.325 e. The molecule has 1 amide bonds. The van der Waals surface area contributed by atoms with E-state index in [2.05, 4.69) is 10.6 Å². The molecule has 0 spiro atoms. The Morgan fingerprint density at radius 3 is 2.60 bits per heavy atom. The third-order valence-electron chi connectivity index (χ3n) is 2.32. The molecule has 1 saturated heterocycles. The molecular formula is C9H17N3O3. The number of hydrogen-bond acceptors (Lipinski definition) is 4. The van der Waals surface area contributed by atoms with Gasteiger partial charge in [0.25, 0.3) is 0 Å². The number of carbonyl (C=O) groups is 2. The van der Waals surface area contributed by atoms with Crippen molar-refractivity contribution in [3.63, 3.8) is 0 Å². The minimum Gasteiger partial charge on any atom is -0.480 e. The Hall–Kier alpha value is -1.14. The van der Waals surface area contributed by atoms with Gasteiger partial charge in [0.05, 0.1) is 6.54 Å². The SMILES string of the molecule is C[C@H](NC(=O)CN1CCNCC1)C(=O)O. The van der Waals surface area contributed by atoms with Crippen molar-refractivity contribution in [3.05, 3.63) is 0 Å². The predicted molar refractivity (Wildman–Crippen MR) is 54.6 cm³/mol. The second-order valence-electron chi connectivity index (χ2n) is 3.65. The largest absolute Gasteiger partial charge is 0.480 e. The van der Waals surface area contributed by atoms with Crippen molar-refractivity contribution in [1.82, 2.24) is 15.5 Å². The number of piperazine rings is 1. The first-order chi connectivity index (χ1) is 7.09. The Morgan fingerprint density at radius 1 is 1.47 bits per heavy atom. The molecule has 0 aromatic heterocycles. The molecule has 1 aliphatic heterocycles. The molecule has 1 rings (SSSR count). The van der Waals surface area contributed by atoms with Gasteiger partial charge in [0, 0.05) is 26.2 Å². The number of nitrogens with one attached hydrogen (secondary N) is 2. The highest BCUT2D eigenvalue weighted by atomic mass is 16.4. The molecule has 6 heteroatoms. The molecule has 0 aromatic rings. The number of hydrogen-bond donors (Lipinski definition) is 3. The molecule has 86 valence electrons. The molecule has 0 bridgehead atoms. The number of nitrogens with zero attached hydrogens (tertiary/aromatic N) is 1. The lowest BCUT2D eigenvalue weighted by atomic mass is 10.3. The van der Waals surface area contributed by atoms with E-state index in [1.807, 2.05) is 4.90 Å². The lowest BCUT2D eigenvalue weighted by Gasteiger charge is -2.26. The third-order valence-corrected chi connectivity index (χ3v) is 2.32. The molecule has 1 aliphatic rings. The van der Waals surface area contributed by atoms with E-state index in [0.29, 0.717) is 0 Å².